The maximum absolute atomic E-state index is 12.0. The van der Waals surface area contributed by atoms with E-state index in [0.29, 0.717) is 0 Å². The molecule has 1 aromatic rings. The number of aromatic nitrogens is 2. The van der Waals surface area contributed by atoms with Crippen LogP contribution in [0.3, 0.4) is 0 Å². The number of hydrogen-bond acceptors (Lipinski definition) is 8. The summed E-state index contributed by atoms with van der Waals surface area (Å²) in [6.07, 6.45) is -3.94. The van der Waals surface area contributed by atoms with Crippen molar-refractivity contribution in [1.82, 2.24) is 9.55 Å². The summed E-state index contributed by atoms with van der Waals surface area (Å²) >= 11 is 1.76. The Bertz CT molecular complexity index is 778. The molecule has 12 nitrogen and oxygen atoms in total. The Kier molecular flexibility index (Phi) is 8.12. The topological polar surface area (TPSA) is 181 Å². The zero-order valence-electron chi connectivity index (χ0n) is 13.2. The van der Waals surface area contributed by atoms with Gasteiger partial charge in [0.15, 0.2) is 0 Å². The van der Waals surface area contributed by atoms with E-state index >= 15 is 0 Å². The molecule has 0 amide bonds. The molecule has 0 aliphatic carbocycles. The van der Waals surface area contributed by atoms with Crippen LogP contribution in [0.15, 0.2) is 14.8 Å². The van der Waals surface area contributed by atoms with Crippen molar-refractivity contribution >= 4 is 43.7 Å². The van der Waals surface area contributed by atoms with Gasteiger partial charge in [-0.25, -0.2) is 9.36 Å². The molecule has 1 rings (SSSR count). The lowest BCUT2D eigenvalue weighted by Gasteiger charge is -2.27. The van der Waals surface area contributed by atoms with E-state index in [1.807, 2.05) is 0 Å². The Morgan fingerprint density at radius 3 is 2.56 bits per heavy atom. The molecule has 0 aliphatic heterocycles. The Morgan fingerprint density at radius 1 is 1.44 bits per heavy atom. The fourth-order valence-electron chi connectivity index (χ4n) is 1.86. The average molecular weight is 491 g/mol. The number of nitrogens with zero attached hydrogens (tertiary/aromatic N) is 2. The summed E-state index contributed by atoms with van der Waals surface area (Å²) in [7, 11) is -3.36. The SMILES string of the molecule is Bc1c(I)n(C(C)O[C@H](COP(=O)(O)O)[C@H](O)CN=O)c(=O)[nH]c1=O. The van der Waals surface area contributed by atoms with E-state index < -0.39 is 50.7 Å². The maximum Gasteiger partial charge on any atom is 0.469 e. The van der Waals surface area contributed by atoms with Crippen LogP contribution in [0.2, 0.25) is 0 Å². The number of ether oxygens (including phenoxy) is 1. The summed E-state index contributed by atoms with van der Waals surface area (Å²) in [5.74, 6) is 0. The van der Waals surface area contributed by atoms with Gasteiger partial charge in [0.25, 0.3) is 0 Å². The number of aliphatic hydroxyl groups is 1. The highest BCUT2D eigenvalue weighted by Crippen LogP contribution is 2.36. The normalized spacial score (nSPS) is 15.6. The number of H-pyrrole nitrogens is 1. The molecule has 0 aliphatic rings. The molecule has 1 heterocycles. The van der Waals surface area contributed by atoms with Crippen LogP contribution in [0.4, 0.5) is 0 Å². The molecule has 0 fully saturated rings. The summed E-state index contributed by atoms with van der Waals surface area (Å²) in [6.45, 7) is 0.0460. The minimum absolute atomic E-state index is 0.258. The summed E-state index contributed by atoms with van der Waals surface area (Å²) in [6, 6.07) is 0. The lowest BCUT2D eigenvalue weighted by molar-refractivity contribution is -0.114. The number of nitrogens with one attached hydrogen (secondary N) is 1. The van der Waals surface area contributed by atoms with Gasteiger partial charge in [-0.1, -0.05) is 5.18 Å². The molecular formula is C10H16BIN3O9P. The molecule has 3 atom stereocenters. The van der Waals surface area contributed by atoms with E-state index in [1.54, 1.807) is 22.6 Å². The first-order valence-electron chi connectivity index (χ1n) is 6.81. The van der Waals surface area contributed by atoms with Gasteiger partial charge < -0.3 is 19.6 Å². The Hall–Kier alpha value is -0.895. The lowest BCUT2D eigenvalue weighted by atomic mass is 10.0. The van der Waals surface area contributed by atoms with Crippen molar-refractivity contribution in [1.29, 1.82) is 0 Å². The van der Waals surface area contributed by atoms with Crippen molar-refractivity contribution in [3.05, 3.63) is 29.4 Å². The summed E-state index contributed by atoms with van der Waals surface area (Å²) in [5.41, 5.74) is -1.08. The number of rotatable bonds is 9. The number of aromatic amines is 1. The van der Waals surface area contributed by atoms with Gasteiger partial charge in [0.05, 0.1) is 10.3 Å². The molecule has 0 aromatic carbocycles. The molecule has 0 spiro atoms. The molecular weight excluding hydrogens is 475 g/mol. The van der Waals surface area contributed by atoms with E-state index in [9.17, 15) is 24.2 Å². The minimum Gasteiger partial charge on any atom is -0.388 e. The second-order valence-electron chi connectivity index (χ2n) is 4.98. The molecule has 0 radical (unpaired) electrons. The van der Waals surface area contributed by atoms with E-state index in [-0.39, 0.29) is 9.16 Å². The molecule has 4 N–H and O–H groups in total. The standard InChI is InChI=1S/C10H16BIN3O9P/c1-4(15-8(12)7(11)9(17)14-10(15)18)24-6(5(16)2-13-19)3-23-25(20,21)22/h4-6,16H,2-3,11H2,1H3,(H,14,17,18)(H2,20,21,22)/t4?,5-,6-/m1/s1. The molecule has 0 bridgehead atoms. The van der Waals surface area contributed by atoms with Crippen LogP contribution in [-0.2, 0) is 13.8 Å². The van der Waals surface area contributed by atoms with Gasteiger partial charge in [0.1, 0.15) is 32.8 Å². The maximum atomic E-state index is 12.0. The Labute approximate surface area is 155 Å². The first kappa shape index (κ1) is 22.1. The molecule has 15 heteroatoms. The van der Waals surface area contributed by atoms with E-state index in [1.165, 1.54) is 14.8 Å². The molecule has 140 valence electrons. The second kappa shape index (κ2) is 9.16. The Balaban J connectivity index is 3.09. The lowest BCUT2D eigenvalue weighted by Crippen LogP contribution is -2.46. The average Bonchev–Trinajstić information content (AvgIpc) is 2.48. The van der Waals surface area contributed by atoms with Crippen LogP contribution in [0, 0.1) is 8.61 Å². The van der Waals surface area contributed by atoms with E-state index in [2.05, 4.69) is 14.7 Å². The third-order valence-corrected chi connectivity index (χ3v) is 4.95. The van der Waals surface area contributed by atoms with Gasteiger partial charge in [-0.3, -0.25) is 18.9 Å². The number of aliphatic hydroxyl groups excluding tert-OH is 1. The van der Waals surface area contributed by atoms with Crippen LogP contribution in [0.5, 0.6) is 0 Å². The van der Waals surface area contributed by atoms with Crippen LogP contribution in [0.25, 0.3) is 0 Å². The Morgan fingerprint density at radius 2 is 2.04 bits per heavy atom. The van der Waals surface area contributed by atoms with Crippen molar-refractivity contribution < 1.29 is 28.7 Å². The highest BCUT2D eigenvalue weighted by molar-refractivity contribution is 14.1. The minimum atomic E-state index is -4.84. The van der Waals surface area contributed by atoms with Crippen LogP contribution >= 0.6 is 30.4 Å². The second-order valence-corrected chi connectivity index (χ2v) is 7.25. The first-order chi connectivity index (χ1) is 11.5. The third-order valence-electron chi connectivity index (χ3n) is 3.13. The van der Waals surface area contributed by atoms with Crippen molar-refractivity contribution in [2.75, 3.05) is 13.2 Å². The summed E-state index contributed by atoms with van der Waals surface area (Å²) in [5, 5.41) is 12.3. The fourth-order valence-corrected chi connectivity index (χ4v) is 3.06. The molecule has 0 saturated heterocycles. The monoisotopic (exact) mass is 491 g/mol. The number of phosphoric ester groups is 1. The van der Waals surface area contributed by atoms with Crippen molar-refractivity contribution in [3.63, 3.8) is 0 Å². The zero-order chi connectivity index (χ0) is 19.4. The summed E-state index contributed by atoms with van der Waals surface area (Å²) < 4.78 is 21.9. The van der Waals surface area contributed by atoms with Crippen molar-refractivity contribution in [2.45, 2.75) is 25.4 Å². The van der Waals surface area contributed by atoms with Crippen LogP contribution in [-0.4, -0.2) is 57.7 Å². The first-order valence-corrected chi connectivity index (χ1v) is 9.42. The van der Waals surface area contributed by atoms with E-state index in [0.717, 1.165) is 4.57 Å². The number of phosphoric acid groups is 1. The predicted molar refractivity (Wildman–Crippen MR) is 96.5 cm³/mol. The largest absolute Gasteiger partial charge is 0.469 e. The molecule has 25 heavy (non-hydrogen) atoms. The smallest absolute Gasteiger partial charge is 0.388 e. The highest BCUT2D eigenvalue weighted by atomic mass is 127. The van der Waals surface area contributed by atoms with Crippen LogP contribution < -0.4 is 16.7 Å². The molecule has 0 saturated carbocycles. The van der Waals surface area contributed by atoms with Crippen molar-refractivity contribution in [2.24, 2.45) is 5.18 Å². The number of nitroso groups, excluding NO2 is 1. The van der Waals surface area contributed by atoms with Crippen LogP contribution in [0.1, 0.15) is 13.2 Å². The molecule has 1 unspecified atom stereocenters. The van der Waals surface area contributed by atoms with Gasteiger partial charge in [-0.15, -0.1) is 0 Å². The van der Waals surface area contributed by atoms with Crippen molar-refractivity contribution in [3.8, 4) is 0 Å². The highest BCUT2D eigenvalue weighted by Gasteiger charge is 2.28. The predicted octanol–water partition coefficient (Wildman–Crippen LogP) is -2.46. The third kappa shape index (κ3) is 6.40. The number of halogens is 1. The summed E-state index contributed by atoms with van der Waals surface area (Å²) in [4.78, 5) is 53.5. The van der Waals surface area contributed by atoms with E-state index in [4.69, 9.17) is 14.5 Å². The number of hydrogen-bond donors (Lipinski definition) is 4. The zero-order valence-corrected chi connectivity index (χ0v) is 16.2. The fraction of sp³-hybridized carbons (Fsp3) is 0.600. The molecule has 1 aromatic heterocycles. The van der Waals surface area contributed by atoms with Gasteiger partial charge >= 0.3 is 13.5 Å². The van der Waals surface area contributed by atoms with Gasteiger partial charge in [0.2, 0.25) is 5.56 Å². The quantitative estimate of drug-likeness (QED) is 0.0959. The van der Waals surface area contributed by atoms with Gasteiger partial charge in [-0.2, -0.15) is 4.91 Å². The van der Waals surface area contributed by atoms with Gasteiger partial charge in [-0.05, 0) is 29.5 Å². The van der Waals surface area contributed by atoms with Gasteiger partial charge in [0, 0.05) is 5.46 Å².